The Kier molecular flexibility index (Phi) is 2.32. The normalized spacial score (nSPS) is 15.7. The Bertz CT molecular complexity index is 620. The molecule has 1 aromatic carbocycles. The molecule has 0 radical (unpaired) electrons. The number of fused-ring (bicyclic) bond motifs is 1. The Hall–Kier alpha value is -1.57. The van der Waals surface area contributed by atoms with Crippen molar-refractivity contribution in [3.8, 4) is 0 Å². The highest BCUT2D eigenvalue weighted by atomic mass is 16.1. The summed E-state index contributed by atoms with van der Waals surface area (Å²) in [6.45, 7) is 4.33. The molecule has 0 unspecified atom stereocenters. The van der Waals surface area contributed by atoms with Crippen LogP contribution in [-0.4, -0.2) is 4.98 Å². The van der Waals surface area contributed by atoms with Gasteiger partial charge in [-0.15, -0.1) is 0 Å². The predicted octanol–water partition coefficient (Wildman–Crippen LogP) is 3.53. The van der Waals surface area contributed by atoms with Crippen LogP contribution in [0.1, 0.15) is 49.8 Å². The number of H-pyrrole nitrogens is 1. The number of hydrogen-bond acceptors (Lipinski definition) is 1. The molecule has 1 aromatic heterocycles. The second-order valence-corrected chi connectivity index (χ2v) is 5.29. The van der Waals surface area contributed by atoms with Crippen molar-refractivity contribution in [2.45, 2.75) is 38.5 Å². The van der Waals surface area contributed by atoms with Gasteiger partial charge in [-0.3, -0.25) is 4.79 Å². The monoisotopic (exact) mass is 227 g/mol. The quantitative estimate of drug-likeness (QED) is 0.836. The van der Waals surface area contributed by atoms with Crippen LogP contribution < -0.4 is 5.43 Å². The lowest BCUT2D eigenvalue weighted by Crippen LogP contribution is -2.06. The Morgan fingerprint density at radius 1 is 1.29 bits per heavy atom. The first-order chi connectivity index (χ1) is 8.16. The van der Waals surface area contributed by atoms with Crippen molar-refractivity contribution >= 4 is 10.9 Å². The van der Waals surface area contributed by atoms with Crippen LogP contribution in [0.15, 0.2) is 29.1 Å². The number of benzene rings is 1. The van der Waals surface area contributed by atoms with E-state index in [2.05, 4.69) is 24.9 Å². The van der Waals surface area contributed by atoms with Gasteiger partial charge in [-0.05, 0) is 36.3 Å². The van der Waals surface area contributed by atoms with E-state index in [0.717, 1.165) is 16.6 Å². The van der Waals surface area contributed by atoms with Gasteiger partial charge < -0.3 is 4.98 Å². The molecule has 1 heterocycles. The molecule has 1 N–H and O–H groups in total. The van der Waals surface area contributed by atoms with E-state index in [4.69, 9.17) is 0 Å². The van der Waals surface area contributed by atoms with Crippen LogP contribution in [0.2, 0.25) is 0 Å². The number of para-hydroxylation sites is 1. The molecule has 0 aliphatic heterocycles. The van der Waals surface area contributed by atoms with E-state index < -0.39 is 0 Å². The zero-order valence-electron chi connectivity index (χ0n) is 10.3. The Morgan fingerprint density at radius 3 is 2.71 bits per heavy atom. The van der Waals surface area contributed by atoms with Gasteiger partial charge in [0.2, 0.25) is 0 Å². The molecule has 88 valence electrons. The lowest BCUT2D eigenvalue weighted by molar-refractivity contribution is 0.870. The van der Waals surface area contributed by atoms with Crippen molar-refractivity contribution in [3.63, 3.8) is 0 Å². The predicted molar refractivity (Wildman–Crippen MR) is 70.6 cm³/mol. The molecule has 17 heavy (non-hydrogen) atoms. The molecule has 1 fully saturated rings. The maximum atomic E-state index is 12.1. The smallest absolute Gasteiger partial charge is 0.189 e. The van der Waals surface area contributed by atoms with Crippen molar-refractivity contribution in [2.24, 2.45) is 0 Å². The van der Waals surface area contributed by atoms with Gasteiger partial charge in [-0.1, -0.05) is 26.0 Å². The average molecular weight is 227 g/mol. The summed E-state index contributed by atoms with van der Waals surface area (Å²) in [6, 6.07) is 7.78. The van der Waals surface area contributed by atoms with Crippen molar-refractivity contribution in [1.29, 1.82) is 0 Å². The van der Waals surface area contributed by atoms with Crippen LogP contribution in [-0.2, 0) is 0 Å². The van der Waals surface area contributed by atoms with Crippen LogP contribution in [0.4, 0.5) is 0 Å². The first-order valence-corrected chi connectivity index (χ1v) is 6.32. The molecule has 1 aliphatic carbocycles. The highest BCUT2D eigenvalue weighted by molar-refractivity contribution is 5.82. The lowest BCUT2D eigenvalue weighted by Gasteiger charge is -2.11. The molecule has 0 atom stereocenters. The zero-order valence-corrected chi connectivity index (χ0v) is 10.3. The molecule has 2 heteroatoms. The van der Waals surface area contributed by atoms with Crippen molar-refractivity contribution in [2.75, 3.05) is 0 Å². The molecule has 2 aromatic rings. The van der Waals surface area contributed by atoms with Crippen molar-refractivity contribution in [1.82, 2.24) is 4.98 Å². The van der Waals surface area contributed by atoms with E-state index in [1.165, 1.54) is 18.4 Å². The Morgan fingerprint density at radius 2 is 2.06 bits per heavy atom. The first kappa shape index (κ1) is 10.6. The summed E-state index contributed by atoms with van der Waals surface area (Å²) in [7, 11) is 0. The largest absolute Gasteiger partial charge is 0.358 e. The molecular formula is C15H17NO. The van der Waals surface area contributed by atoms with Crippen molar-refractivity contribution in [3.05, 3.63) is 45.7 Å². The van der Waals surface area contributed by atoms with E-state index in [9.17, 15) is 4.79 Å². The summed E-state index contributed by atoms with van der Waals surface area (Å²) < 4.78 is 0. The van der Waals surface area contributed by atoms with Gasteiger partial charge in [0.05, 0.1) is 5.52 Å². The van der Waals surface area contributed by atoms with Gasteiger partial charge in [-0.25, -0.2) is 0 Å². The molecule has 0 spiro atoms. The van der Waals surface area contributed by atoms with Gasteiger partial charge in [0.1, 0.15) is 0 Å². The van der Waals surface area contributed by atoms with Crippen LogP contribution in [0.3, 0.4) is 0 Å². The summed E-state index contributed by atoms with van der Waals surface area (Å²) in [5.74, 6) is 1.02. The molecule has 0 bridgehead atoms. The maximum absolute atomic E-state index is 12.1. The number of nitrogens with one attached hydrogen (secondary N) is 1. The number of rotatable bonds is 2. The second kappa shape index (κ2) is 3.73. The van der Waals surface area contributed by atoms with E-state index in [1.807, 2.05) is 12.1 Å². The van der Waals surface area contributed by atoms with E-state index >= 15 is 0 Å². The minimum Gasteiger partial charge on any atom is -0.358 e. The fourth-order valence-electron chi connectivity index (χ4n) is 2.41. The molecule has 0 saturated heterocycles. The highest BCUT2D eigenvalue weighted by Crippen LogP contribution is 2.39. The standard InChI is InChI=1S/C15H17NO/c1-9(2)11-4-3-5-12-14(17)8-13(10-6-7-10)16-15(11)12/h3-5,8-10H,6-7H2,1-2H3,(H,16,17). The first-order valence-electron chi connectivity index (χ1n) is 6.32. The number of aromatic nitrogens is 1. The Labute approximate surface area is 101 Å². The average Bonchev–Trinajstić information content (AvgIpc) is 3.11. The summed E-state index contributed by atoms with van der Waals surface area (Å²) in [6.07, 6.45) is 2.43. The zero-order chi connectivity index (χ0) is 12.0. The SMILES string of the molecule is CC(C)c1cccc2c(=O)cc(C3CC3)[nH]c12. The van der Waals surface area contributed by atoms with Crippen molar-refractivity contribution < 1.29 is 0 Å². The summed E-state index contributed by atoms with van der Waals surface area (Å²) in [5, 5.41) is 0.820. The number of aromatic amines is 1. The molecule has 2 nitrogen and oxygen atoms in total. The third-order valence-electron chi connectivity index (χ3n) is 3.56. The topological polar surface area (TPSA) is 32.9 Å². The summed E-state index contributed by atoms with van der Waals surface area (Å²) in [5.41, 5.74) is 3.55. The molecular weight excluding hydrogens is 210 g/mol. The molecule has 3 rings (SSSR count). The van der Waals surface area contributed by atoms with Gasteiger partial charge in [0.15, 0.2) is 5.43 Å². The fourth-order valence-corrected chi connectivity index (χ4v) is 2.41. The van der Waals surface area contributed by atoms with Crippen LogP contribution in [0, 0.1) is 0 Å². The minimum absolute atomic E-state index is 0.156. The summed E-state index contributed by atoms with van der Waals surface area (Å²) in [4.78, 5) is 15.6. The minimum atomic E-state index is 0.156. The molecule has 0 amide bonds. The van der Waals surface area contributed by atoms with E-state index in [0.29, 0.717) is 11.8 Å². The Balaban J connectivity index is 2.32. The van der Waals surface area contributed by atoms with E-state index in [-0.39, 0.29) is 5.43 Å². The van der Waals surface area contributed by atoms with E-state index in [1.54, 1.807) is 6.07 Å². The third-order valence-corrected chi connectivity index (χ3v) is 3.56. The summed E-state index contributed by atoms with van der Waals surface area (Å²) >= 11 is 0. The third kappa shape index (κ3) is 1.78. The lowest BCUT2D eigenvalue weighted by atomic mass is 9.99. The van der Waals surface area contributed by atoms with Gasteiger partial charge >= 0.3 is 0 Å². The molecule has 1 aliphatic rings. The van der Waals surface area contributed by atoms with Crippen LogP contribution >= 0.6 is 0 Å². The fraction of sp³-hybridized carbons (Fsp3) is 0.400. The molecule has 1 saturated carbocycles. The number of hydrogen-bond donors (Lipinski definition) is 1. The van der Waals surface area contributed by atoms with Gasteiger partial charge in [-0.2, -0.15) is 0 Å². The van der Waals surface area contributed by atoms with Crippen LogP contribution in [0.5, 0.6) is 0 Å². The van der Waals surface area contributed by atoms with Gasteiger partial charge in [0.25, 0.3) is 0 Å². The van der Waals surface area contributed by atoms with Crippen LogP contribution in [0.25, 0.3) is 10.9 Å². The highest BCUT2D eigenvalue weighted by Gasteiger charge is 2.25. The van der Waals surface area contributed by atoms with Gasteiger partial charge in [0, 0.05) is 17.1 Å². The second-order valence-electron chi connectivity index (χ2n) is 5.29. The number of pyridine rings is 1. The maximum Gasteiger partial charge on any atom is 0.189 e.